The van der Waals surface area contributed by atoms with E-state index in [0.29, 0.717) is 0 Å². The van der Waals surface area contributed by atoms with E-state index < -0.39 is 0 Å². The maximum Gasteiger partial charge on any atom is 0.251 e. The molecule has 0 fully saturated rings. The van der Waals surface area contributed by atoms with Crippen LogP contribution in [0.1, 0.15) is 23.1 Å². The third-order valence-electron chi connectivity index (χ3n) is 3.34. The van der Waals surface area contributed by atoms with E-state index in [2.05, 4.69) is 17.6 Å². The van der Waals surface area contributed by atoms with Gasteiger partial charge in [-0.3, -0.25) is 4.79 Å². The number of benzene rings is 1. The molecule has 0 radical (unpaired) electrons. The van der Waals surface area contributed by atoms with Crippen LogP contribution in [0.25, 0.3) is 17.0 Å². The summed E-state index contributed by atoms with van der Waals surface area (Å²) in [7, 11) is 0. The number of hydrogen-bond donors (Lipinski definition) is 1. The Bertz CT molecular complexity index is 637. The van der Waals surface area contributed by atoms with Crippen molar-refractivity contribution >= 4 is 17.0 Å². The van der Waals surface area contributed by atoms with Crippen molar-refractivity contribution in [2.24, 2.45) is 0 Å². The fraction of sp³-hybridized carbons (Fsp3) is 0.214. The lowest BCUT2D eigenvalue weighted by Crippen LogP contribution is -2.12. The van der Waals surface area contributed by atoms with Gasteiger partial charge in [0.05, 0.1) is 0 Å². The van der Waals surface area contributed by atoms with Crippen molar-refractivity contribution in [3.63, 3.8) is 0 Å². The first-order valence-corrected chi connectivity index (χ1v) is 5.60. The van der Waals surface area contributed by atoms with Crippen LogP contribution in [-0.2, 0) is 12.8 Å². The Kier molecular flexibility index (Phi) is 1.96. The molecule has 0 aliphatic heterocycles. The number of hydrogen-bond acceptors (Lipinski definition) is 1. The molecule has 1 aliphatic carbocycles. The topological polar surface area (TPSA) is 32.9 Å². The van der Waals surface area contributed by atoms with Gasteiger partial charge in [0.15, 0.2) is 0 Å². The first-order valence-electron chi connectivity index (χ1n) is 5.60. The average Bonchev–Trinajstić information content (AvgIpc) is 2.78. The zero-order valence-corrected chi connectivity index (χ0v) is 9.05. The molecule has 3 rings (SSSR count). The summed E-state index contributed by atoms with van der Waals surface area (Å²) >= 11 is 0. The molecule has 0 unspecified atom stereocenters. The molecule has 80 valence electrons. The SMILES string of the molecule is C=Cc1ccc2c3c(c(=O)[nH]c2c1)CCC3. The predicted molar refractivity (Wildman–Crippen MR) is 66.7 cm³/mol. The molecule has 16 heavy (non-hydrogen) atoms. The minimum atomic E-state index is 0.0845. The van der Waals surface area contributed by atoms with E-state index in [4.69, 9.17) is 0 Å². The number of aromatic nitrogens is 1. The van der Waals surface area contributed by atoms with Crippen molar-refractivity contribution in [3.8, 4) is 0 Å². The molecular formula is C14H13NO. The smallest absolute Gasteiger partial charge is 0.251 e. The van der Waals surface area contributed by atoms with Gasteiger partial charge < -0.3 is 4.98 Å². The third-order valence-corrected chi connectivity index (χ3v) is 3.34. The van der Waals surface area contributed by atoms with Gasteiger partial charge in [0, 0.05) is 16.5 Å². The molecule has 0 spiro atoms. The highest BCUT2D eigenvalue weighted by Gasteiger charge is 2.17. The van der Waals surface area contributed by atoms with Crippen LogP contribution >= 0.6 is 0 Å². The van der Waals surface area contributed by atoms with Crippen LogP contribution in [0.15, 0.2) is 29.6 Å². The summed E-state index contributed by atoms with van der Waals surface area (Å²) in [6, 6.07) is 6.13. The molecule has 2 aromatic rings. The van der Waals surface area contributed by atoms with Gasteiger partial charge in [-0.1, -0.05) is 24.8 Å². The average molecular weight is 211 g/mol. The highest BCUT2D eigenvalue weighted by molar-refractivity contribution is 5.85. The summed E-state index contributed by atoms with van der Waals surface area (Å²) in [5, 5.41) is 1.19. The van der Waals surface area contributed by atoms with E-state index in [1.165, 1.54) is 10.9 Å². The van der Waals surface area contributed by atoms with Crippen LogP contribution in [0.2, 0.25) is 0 Å². The van der Waals surface area contributed by atoms with Crippen LogP contribution < -0.4 is 5.56 Å². The van der Waals surface area contributed by atoms with Crippen molar-refractivity contribution in [2.75, 3.05) is 0 Å². The van der Waals surface area contributed by atoms with Gasteiger partial charge in [0.1, 0.15) is 0 Å². The van der Waals surface area contributed by atoms with E-state index in [1.54, 1.807) is 6.08 Å². The quantitative estimate of drug-likeness (QED) is 0.772. The number of H-pyrrole nitrogens is 1. The van der Waals surface area contributed by atoms with Crippen molar-refractivity contribution in [2.45, 2.75) is 19.3 Å². The molecule has 1 N–H and O–H groups in total. The van der Waals surface area contributed by atoms with Gasteiger partial charge >= 0.3 is 0 Å². The largest absolute Gasteiger partial charge is 0.322 e. The van der Waals surface area contributed by atoms with E-state index in [1.807, 2.05) is 12.1 Å². The van der Waals surface area contributed by atoms with Gasteiger partial charge in [0.25, 0.3) is 5.56 Å². The second-order valence-electron chi connectivity index (χ2n) is 4.27. The zero-order chi connectivity index (χ0) is 11.1. The number of aromatic amines is 1. The van der Waals surface area contributed by atoms with E-state index in [9.17, 15) is 4.79 Å². The van der Waals surface area contributed by atoms with Crippen molar-refractivity contribution in [3.05, 3.63) is 51.8 Å². The molecule has 0 atom stereocenters. The normalized spacial score (nSPS) is 14.0. The molecule has 2 heteroatoms. The summed E-state index contributed by atoms with van der Waals surface area (Å²) in [4.78, 5) is 14.8. The highest BCUT2D eigenvalue weighted by atomic mass is 16.1. The molecule has 0 amide bonds. The van der Waals surface area contributed by atoms with Crippen molar-refractivity contribution in [1.82, 2.24) is 4.98 Å². The van der Waals surface area contributed by atoms with Crippen LogP contribution in [0.3, 0.4) is 0 Å². The van der Waals surface area contributed by atoms with Crippen molar-refractivity contribution in [1.29, 1.82) is 0 Å². The van der Waals surface area contributed by atoms with E-state index >= 15 is 0 Å². The minimum Gasteiger partial charge on any atom is -0.322 e. The van der Waals surface area contributed by atoms with Crippen molar-refractivity contribution < 1.29 is 0 Å². The van der Waals surface area contributed by atoms with Gasteiger partial charge in [0.2, 0.25) is 0 Å². The summed E-state index contributed by atoms with van der Waals surface area (Å²) in [6.45, 7) is 3.74. The lowest BCUT2D eigenvalue weighted by molar-refractivity contribution is 0.909. The molecule has 1 aromatic heterocycles. The number of fused-ring (bicyclic) bond motifs is 3. The molecule has 1 aromatic carbocycles. The Morgan fingerprint density at radius 3 is 2.88 bits per heavy atom. The summed E-state index contributed by atoms with van der Waals surface area (Å²) < 4.78 is 0. The second kappa shape index (κ2) is 3.34. The lowest BCUT2D eigenvalue weighted by Gasteiger charge is -2.05. The second-order valence-corrected chi connectivity index (χ2v) is 4.27. The lowest BCUT2D eigenvalue weighted by atomic mass is 10.0. The minimum absolute atomic E-state index is 0.0845. The fourth-order valence-corrected chi connectivity index (χ4v) is 2.54. The van der Waals surface area contributed by atoms with Crippen LogP contribution in [0.5, 0.6) is 0 Å². The first-order chi connectivity index (χ1) is 7.79. The molecule has 1 heterocycles. The van der Waals surface area contributed by atoms with Crippen LogP contribution in [-0.4, -0.2) is 4.98 Å². The maximum atomic E-state index is 11.8. The molecule has 2 nitrogen and oxygen atoms in total. The predicted octanol–water partition coefficient (Wildman–Crippen LogP) is 2.66. The summed E-state index contributed by atoms with van der Waals surface area (Å²) in [6.07, 6.45) is 4.85. The monoisotopic (exact) mass is 211 g/mol. The molecular weight excluding hydrogens is 198 g/mol. The Morgan fingerprint density at radius 1 is 1.25 bits per heavy atom. The fourth-order valence-electron chi connectivity index (χ4n) is 2.54. The highest BCUT2D eigenvalue weighted by Crippen LogP contribution is 2.26. The van der Waals surface area contributed by atoms with Gasteiger partial charge in [-0.25, -0.2) is 0 Å². The Balaban J connectivity index is 2.42. The molecule has 0 bridgehead atoms. The number of aryl methyl sites for hydroxylation is 1. The number of rotatable bonds is 1. The van der Waals surface area contributed by atoms with E-state index in [0.717, 1.165) is 35.9 Å². The number of pyridine rings is 1. The van der Waals surface area contributed by atoms with Crippen LogP contribution in [0.4, 0.5) is 0 Å². The molecule has 1 aliphatic rings. The molecule has 0 saturated heterocycles. The van der Waals surface area contributed by atoms with Gasteiger partial charge in [-0.05, 0) is 36.5 Å². The standard InChI is InChI=1S/C14H13NO/c1-2-9-6-7-11-10-4-3-5-12(10)14(16)15-13(11)8-9/h2,6-8H,1,3-5H2,(H,15,16). The van der Waals surface area contributed by atoms with Gasteiger partial charge in [-0.15, -0.1) is 0 Å². The molecule has 0 saturated carbocycles. The maximum absolute atomic E-state index is 11.8. The first kappa shape index (κ1) is 9.40. The third kappa shape index (κ3) is 1.23. The van der Waals surface area contributed by atoms with Gasteiger partial charge in [-0.2, -0.15) is 0 Å². The number of nitrogens with one attached hydrogen (secondary N) is 1. The Hall–Kier alpha value is -1.83. The zero-order valence-electron chi connectivity index (χ0n) is 9.05. The summed E-state index contributed by atoms with van der Waals surface area (Å²) in [5.41, 5.74) is 4.29. The van der Waals surface area contributed by atoms with E-state index in [-0.39, 0.29) is 5.56 Å². The Labute approximate surface area is 93.6 Å². The van der Waals surface area contributed by atoms with Crippen LogP contribution in [0, 0.1) is 0 Å². The summed E-state index contributed by atoms with van der Waals surface area (Å²) in [5.74, 6) is 0. The Morgan fingerprint density at radius 2 is 2.06 bits per heavy atom.